The second kappa shape index (κ2) is 9.57. The predicted molar refractivity (Wildman–Crippen MR) is 132 cm³/mol. The Kier molecular flexibility index (Phi) is 6.56. The van der Waals surface area contributed by atoms with Crippen LogP contribution in [0.3, 0.4) is 0 Å². The number of halogens is 1. The molecule has 0 saturated carbocycles. The summed E-state index contributed by atoms with van der Waals surface area (Å²) in [7, 11) is 0. The zero-order valence-corrected chi connectivity index (χ0v) is 19.9. The van der Waals surface area contributed by atoms with Crippen LogP contribution < -0.4 is 4.74 Å². The number of esters is 1. The van der Waals surface area contributed by atoms with Crippen LogP contribution in [0.2, 0.25) is 0 Å². The van der Waals surface area contributed by atoms with Gasteiger partial charge in [-0.05, 0) is 86.4 Å². The van der Waals surface area contributed by atoms with Gasteiger partial charge in [-0.1, -0.05) is 43.0 Å². The van der Waals surface area contributed by atoms with E-state index in [4.69, 9.17) is 9.47 Å². The third kappa shape index (κ3) is 5.05. The lowest BCUT2D eigenvalue weighted by molar-refractivity contribution is 0.0521. The maximum absolute atomic E-state index is 14.3. The van der Waals surface area contributed by atoms with Crippen LogP contribution in [0.25, 0.3) is 5.57 Å². The van der Waals surface area contributed by atoms with E-state index in [1.807, 2.05) is 32.0 Å². The molecule has 0 fully saturated rings. The minimum absolute atomic E-state index is 0.0928. The third-order valence-electron chi connectivity index (χ3n) is 5.62. The van der Waals surface area contributed by atoms with Gasteiger partial charge in [-0.3, -0.25) is 0 Å². The quantitative estimate of drug-likeness (QED) is 0.330. The Morgan fingerprint density at radius 2 is 1.65 bits per heavy atom. The van der Waals surface area contributed by atoms with Crippen LogP contribution in [-0.2, 0) is 11.2 Å². The lowest BCUT2D eigenvalue weighted by atomic mass is 9.88. The van der Waals surface area contributed by atoms with Crippen LogP contribution in [0.1, 0.15) is 65.9 Å². The average molecular weight is 455 g/mol. The lowest BCUT2D eigenvalue weighted by Gasteiger charge is -2.31. The Balaban J connectivity index is 1.67. The molecule has 0 unspecified atom stereocenters. The van der Waals surface area contributed by atoms with E-state index in [-0.39, 0.29) is 12.2 Å². The topological polar surface area (TPSA) is 35.5 Å². The first-order chi connectivity index (χ1) is 16.3. The fourth-order valence-electron chi connectivity index (χ4n) is 3.92. The summed E-state index contributed by atoms with van der Waals surface area (Å²) in [4.78, 5) is 11.8. The standard InChI is InChI=1S/C30H27FO3/c1-5-20-9-13-23(14-10-20)26-19-30(3,4)34-28-16-12-21(17-25(26)28)7-8-22-11-15-24(27(31)18-22)29(32)33-6-2/h9-19H,5-6H2,1-4H3. The van der Waals surface area contributed by atoms with Gasteiger partial charge in [0.2, 0.25) is 0 Å². The highest BCUT2D eigenvalue weighted by Gasteiger charge is 2.27. The first-order valence-electron chi connectivity index (χ1n) is 11.4. The van der Waals surface area contributed by atoms with Gasteiger partial charge < -0.3 is 9.47 Å². The first kappa shape index (κ1) is 23.3. The lowest BCUT2D eigenvalue weighted by Crippen LogP contribution is -2.29. The summed E-state index contributed by atoms with van der Waals surface area (Å²) >= 11 is 0. The molecule has 4 heteroatoms. The number of fused-ring (bicyclic) bond motifs is 1. The maximum Gasteiger partial charge on any atom is 0.341 e. The van der Waals surface area contributed by atoms with Crippen molar-refractivity contribution in [1.29, 1.82) is 0 Å². The van der Waals surface area contributed by atoms with Crippen molar-refractivity contribution in [2.24, 2.45) is 0 Å². The van der Waals surface area contributed by atoms with E-state index in [9.17, 15) is 9.18 Å². The van der Waals surface area contributed by atoms with E-state index in [0.717, 1.165) is 34.4 Å². The van der Waals surface area contributed by atoms with Crippen LogP contribution in [0.5, 0.6) is 5.75 Å². The molecule has 4 rings (SSSR count). The number of carbonyl (C=O) groups is 1. The van der Waals surface area contributed by atoms with E-state index >= 15 is 0 Å². The number of carbonyl (C=O) groups excluding carboxylic acids is 1. The summed E-state index contributed by atoms with van der Waals surface area (Å²) < 4.78 is 25.4. The Morgan fingerprint density at radius 1 is 0.971 bits per heavy atom. The van der Waals surface area contributed by atoms with E-state index in [0.29, 0.717) is 5.56 Å². The van der Waals surface area contributed by atoms with Gasteiger partial charge in [0.25, 0.3) is 0 Å². The molecule has 0 aliphatic carbocycles. The molecule has 0 amide bonds. The summed E-state index contributed by atoms with van der Waals surface area (Å²) in [5, 5.41) is 0. The smallest absolute Gasteiger partial charge is 0.341 e. The van der Waals surface area contributed by atoms with Crippen LogP contribution in [0.15, 0.2) is 66.7 Å². The second-order valence-electron chi connectivity index (χ2n) is 8.69. The molecule has 1 heterocycles. The first-order valence-corrected chi connectivity index (χ1v) is 11.4. The number of ether oxygens (including phenoxy) is 2. The molecule has 172 valence electrons. The molecule has 0 aromatic heterocycles. The Labute approximate surface area is 200 Å². The SMILES string of the molecule is CCOC(=O)c1ccc(C#Cc2ccc3c(c2)C(c2ccc(CC)cc2)=CC(C)(C)O3)cc1F. The van der Waals surface area contributed by atoms with Crippen molar-refractivity contribution in [2.75, 3.05) is 6.61 Å². The molecule has 1 aliphatic rings. The second-order valence-corrected chi connectivity index (χ2v) is 8.69. The number of rotatable bonds is 4. The molecule has 0 bridgehead atoms. The van der Waals surface area contributed by atoms with Gasteiger partial charge in [-0.15, -0.1) is 0 Å². The fraction of sp³-hybridized carbons (Fsp3) is 0.233. The highest BCUT2D eigenvalue weighted by Crippen LogP contribution is 2.39. The molecule has 0 spiro atoms. The van der Waals surface area contributed by atoms with Crippen LogP contribution in [0.4, 0.5) is 4.39 Å². The zero-order valence-electron chi connectivity index (χ0n) is 19.9. The highest BCUT2D eigenvalue weighted by molar-refractivity contribution is 5.90. The molecule has 34 heavy (non-hydrogen) atoms. The summed E-state index contributed by atoms with van der Waals surface area (Å²) in [5.74, 6) is 5.58. The molecule has 3 nitrogen and oxygen atoms in total. The molecule has 3 aromatic rings. The summed E-state index contributed by atoms with van der Waals surface area (Å²) in [6, 6.07) is 18.7. The average Bonchev–Trinajstić information content (AvgIpc) is 2.82. The zero-order chi connectivity index (χ0) is 24.3. The van der Waals surface area contributed by atoms with E-state index in [2.05, 4.69) is 49.1 Å². The Hall–Kier alpha value is -3.84. The van der Waals surface area contributed by atoms with Gasteiger partial charge >= 0.3 is 5.97 Å². The van der Waals surface area contributed by atoms with E-state index in [1.54, 1.807) is 13.0 Å². The molecule has 0 saturated heterocycles. The van der Waals surface area contributed by atoms with Gasteiger partial charge in [-0.25, -0.2) is 9.18 Å². The minimum Gasteiger partial charge on any atom is -0.483 e. The molecular weight excluding hydrogens is 427 g/mol. The Morgan fingerprint density at radius 3 is 2.29 bits per heavy atom. The van der Waals surface area contributed by atoms with Gasteiger partial charge in [0.1, 0.15) is 17.2 Å². The van der Waals surface area contributed by atoms with Crippen molar-refractivity contribution in [2.45, 2.75) is 39.7 Å². The molecule has 0 radical (unpaired) electrons. The summed E-state index contributed by atoms with van der Waals surface area (Å²) in [5.41, 5.74) is 5.22. The van der Waals surface area contributed by atoms with Crippen LogP contribution >= 0.6 is 0 Å². The third-order valence-corrected chi connectivity index (χ3v) is 5.62. The molecule has 0 N–H and O–H groups in total. The number of benzene rings is 3. The minimum atomic E-state index is -0.677. The highest BCUT2D eigenvalue weighted by atomic mass is 19.1. The number of hydrogen-bond acceptors (Lipinski definition) is 3. The molecule has 0 atom stereocenters. The van der Waals surface area contributed by atoms with Gasteiger partial charge in [0.15, 0.2) is 0 Å². The van der Waals surface area contributed by atoms with Gasteiger partial charge in [0.05, 0.1) is 12.2 Å². The summed E-state index contributed by atoms with van der Waals surface area (Å²) in [6.07, 6.45) is 3.13. The van der Waals surface area contributed by atoms with Gasteiger partial charge in [-0.2, -0.15) is 0 Å². The predicted octanol–water partition coefficient (Wildman–Crippen LogP) is 6.57. The maximum atomic E-state index is 14.3. The largest absolute Gasteiger partial charge is 0.483 e. The van der Waals surface area contributed by atoms with Crippen LogP contribution in [-0.4, -0.2) is 18.2 Å². The van der Waals surface area contributed by atoms with Gasteiger partial charge in [0, 0.05) is 16.7 Å². The van der Waals surface area contributed by atoms with Crippen molar-refractivity contribution in [3.8, 4) is 17.6 Å². The van der Waals surface area contributed by atoms with E-state index < -0.39 is 17.4 Å². The summed E-state index contributed by atoms with van der Waals surface area (Å²) in [6.45, 7) is 8.10. The molecule has 1 aliphatic heterocycles. The number of aryl methyl sites for hydroxylation is 1. The normalized spacial score (nSPS) is 13.6. The van der Waals surface area contributed by atoms with E-state index in [1.165, 1.54) is 17.7 Å². The van der Waals surface area contributed by atoms with Crippen molar-refractivity contribution in [3.05, 3.63) is 106 Å². The fourth-order valence-corrected chi connectivity index (χ4v) is 3.92. The van der Waals surface area contributed by atoms with Crippen LogP contribution in [0, 0.1) is 17.7 Å². The van der Waals surface area contributed by atoms with Crippen molar-refractivity contribution in [1.82, 2.24) is 0 Å². The molecule has 3 aromatic carbocycles. The number of hydrogen-bond donors (Lipinski definition) is 0. The Bertz CT molecular complexity index is 1320. The van der Waals surface area contributed by atoms with Crippen molar-refractivity contribution in [3.63, 3.8) is 0 Å². The molecular formula is C30H27FO3. The van der Waals surface area contributed by atoms with Crippen molar-refractivity contribution >= 4 is 11.5 Å². The van der Waals surface area contributed by atoms with Crippen molar-refractivity contribution < 1.29 is 18.7 Å². The monoisotopic (exact) mass is 454 g/mol.